The first-order valence-electron chi connectivity index (χ1n) is 10.4. The predicted octanol–water partition coefficient (Wildman–Crippen LogP) is 4.98. The number of thiazole rings is 1. The van der Waals surface area contributed by atoms with Crippen molar-refractivity contribution in [1.29, 1.82) is 0 Å². The fourth-order valence-corrected chi connectivity index (χ4v) is 3.99. The van der Waals surface area contributed by atoms with E-state index in [-0.39, 0.29) is 51.4 Å². The number of rotatable bonds is 5. The van der Waals surface area contributed by atoms with Crippen molar-refractivity contribution in [3.05, 3.63) is 59.0 Å². The Kier molecular flexibility index (Phi) is 6.14. The van der Waals surface area contributed by atoms with Crippen LogP contribution in [-0.2, 0) is 4.74 Å². The number of aromatic nitrogens is 3. The molecule has 0 spiro atoms. The van der Waals surface area contributed by atoms with Gasteiger partial charge in [0, 0.05) is 17.5 Å². The Morgan fingerprint density at radius 1 is 1.11 bits per heavy atom. The summed E-state index contributed by atoms with van der Waals surface area (Å²) in [5.41, 5.74) is 0.167. The zero-order valence-electron chi connectivity index (χ0n) is 18.5. The van der Waals surface area contributed by atoms with Gasteiger partial charge in [0.2, 0.25) is 5.95 Å². The summed E-state index contributed by atoms with van der Waals surface area (Å²) >= 11 is 0.877. The number of imidazole rings is 1. The highest BCUT2D eigenvalue weighted by Crippen LogP contribution is 2.43. The van der Waals surface area contributed by atoms with Crippen LogP contribution in [0.1, 0.15) is 16.9 Å². The normalized spacial score (nSPS) is 15.9. The molecule has 3 amide bonds. The highest BCUT2D eigenvalue weighted by Gasteiger charge is 2.43. The van der Waals surface area contributed by atoms with Crippen LogP contribution in [0.4, 0.5) is 37.8 Å². The number of alkyl halides is 5. The van der Waals surface area contributed by atoms with Gasteiger partial charge >= 0.3 is 18.7 Å². The summed E-state index contributed by atoms with van der Waals surface area (Å²) in [5, 5.41) is 8.31. The van der Waals surface area contributed by atoms with E-state index in [0.29, 0.717) is 0 Å². The lowest BCUT2D eigenvalue weighted by Crippen LogP contribution is -2.30. The van der Waals surface area contributed by atoms with E-state index in [0.717, 1.165) is 17.4 Å². The molecule has 0 unspecified atom stereocenters. The van der Waals surface area contributed by atoms with Gasteiger partial charge in [0.15, 0.2) is 22.4 Å². The maximum atomic E-state index is 13.2. The summed E-state index contributed by atoms with van der Waals surface area (Å²) in [6, 6.07) is 1.52. The fourth-order valence-electron chi connectivity index (χ4n) is 3.31. The Balaban J connectivity index is 1.21. The number of aromatic amines is 1. The summed E-state index contributed by atoms with van der Waals surface area (Å²) in [6.07, 6.45) is -3.21. The minimum absolute atomic E-state index is 0.0291. The third-order valence-electron chi connectivity index (χ3n) is 4.78. The number of ether oxygens (including phenoxy) is 3. The number of hydrogen-bond donors (Lipinski definition) is 4. The van der Waals surface area contributed by atoms with E-state index >= 15 is 0 Å². The van der Waals surface area contributed by atoms with Gasteiger partial charge in [-0.15, -0.1) is 33.3 Å². The summed E-state index contributed by atoms with van der Waals surface area (Å²) in [7, 11) is 0. The van der Waals surface area contributed by atoms with Gasteiger partial charge in [-0.25, -0.2) is 14.8 Å². The topological polar surface area (TPSA) is 139 Å². The molecule has 0 saturated heterocycles. The number of carbonyl (C=O) groups is 2. The van der Waals surface area contributed by atoms with Gasteiger partial charge in [-0.3, -0.25) is 15.4 Å². The third-order valence-corrected chi connectivity index (χ3v) is 5.53. The fraction of sp³-hybridized carbons (Fsp3) is 0.143. The SMILES string of the molecule is O=C(NC1=CCC=CC=C1OC(F)(F)F)Nc1nc(C(=O)Nc2nc3cc4c(cc3[nH]2)OC(F)(F)O4)cs1. The molecule has 0 bridgehead atoms. The van der Waals surface area contributed by atoms with Crippen LogP contribution in [-0.4, -0.2) is 39.5 Å². The number of H-pyrrole nitrogens is 1. The van der Waals surface area contributed by atoms with Crippen LogP contribution in [0, 0.1) is 0 Å². The number of nitrogens with one attached hydrogen (secondary N) is 4. The summed E-state index contributed by atoms with van der Waals surface area (Å²) in [6.45, 7) is 0. The maximum absolute atomic E-state index is 13.2. The van der Waals surface area contributed by atoms with E-state index in [2.05, 4.69) is 45.1 Å². The monoisotopic (exact) mass is 556 g/mol. The summed E-state index contributed by atoms with van der Waals surface area (Å²) < 4.78 is 77.1. The number of anilines is 2. The molecular formula is C21H13F5N6O5S. The van der Waals surface area contributed by atoms with E-state index in [1.165, 1.54) is 29.7 Å². The molecule has 3 aromatic rings. The molecule has 1 aromatic carbocycles. The minimum Gasteiger partial charge on any atom is -0.404 e. The van der Waals surface area contributed by atoms with E-state index in [4.69, 9.17) is 0 Å². The molecule has 17 heteroatoms. The van der Waals surface area contributed by atoms with Crippen LogP contribution in [0.15, 0.2) is 53.3 Å². The molecule has 0 radical (unpaired) electrons. The standard InChI is InChI=1S/C21H13F5N6O5S/c22-20(23,24)35-13-5-3-1-2-4-9(13)29-18(34)32-19-30-12(8-38-19)16(33)31-17-27-10-6-14-15(7-11(10)28-17)37-21(25,26)36-14/h1,3-8H,2H2,(H2,27,28,31,33)(H2,29,30,32,34). The first-order valence-corrected chi connectivity index (χ1v) is 11.3. The van der Waals surface area contributed by atoms with Gasteiger partial charge in [0.25, 0.3) is 5.91 Å². The van der Waals surface area contributed by atoms with Crippen molar-refractivity contribution >= 4 is 45.4 Å². The molecule has 4 N–H and O–H groups in total. The van der Waals surface area contributed by atoms with Crippen molar-refractivity contribution in [2.45, 2.75) is 19.1 Å². The van der Waals surface area contributed by atoms with Crippen LogP contribution in [0.25, 0.3) is 11.0 Å². The molecule has 11 nitrogen and oxygen atoms in total. The van der Waals surface area contributed by atoms with Crippen molar-refractivity contribution in [2.75, 3.05) is 10.6 Å². The van der Waals surface area contributed by atoms with Crippen LogP contribution in [0.2, 0.25) is 0 Å². The van der Waals surface area contributed by atoms with Crippen molar-refractivity contribution < 1.29 is 45.8 Å². The average molecular weight is 556 g/mol. The number of nitrogens with zero attached hydrogens (tertiary/aromatic N) is 2. The van der Waals surface area contributed by atoms with E-state index in [9.17, 15) is 31.5 Å². The lowest BCUT2D eigenvalue weighted by molar-refractivity contribution is -0.304. The van der Waals surface area contributed by atoms with Gasteiger partial charge < -0.3 is 24.5 Å². The molecule has 0 atom stereocenters. The zero-order chi connectivity index (χ0) is 27.1. The molecule has 5 rings (SSSR count). The number of urea groups is 1. The molecule has 1 aliphatic heterocycles. The second kappa shape index (κ2) is 9.33. The average Bonchev–Trinajstić information content (AvgIpc) is 3.45. The number of benzene rings is 1. The number of halogens is 5. The Labute approximate surface area is 212 Å². The van der Waals surface area contributed by atoms with Gasteiger partial charge in [0.05, 0.1) is 16.7 Å². The third kappa shape index (κ3) is 5.66. The Morgan fingerprint density at radius 2 is 1.87 bits per heavy atom. The summed E-state index contributed by atoms with van der Waals surface area (Å²) in [5.74, 6) is -1.78. The largest absolute Gasteiger partial charge is 0.586 e. The van der Waals surface area contributed by atoms with Crippen LogP contribution >= 0.6 is 11.3 Å². The number of amides is 3. The zero-order valence-corrected chi connectivity index (χ0v) is 19.3. The Bertz CT molecular complexity index is 1480. The Morgan fingerprint density at radius 3 is 2.63 bits per heavy atom. The Hall–Kier alpha value is -4.67. The first kappa shape index (κ1) is 25.0. The molecule has 3 heterocycles. The van der Waals surface area contributed by atoms with Crippen molar-refractivity contribution in [3.8, 4) is 11.5 Å². The van der Waals surface area contributed by atoms with E-state index < -0.39 is 30.4 Å². The highest BCUT2D eigenvalue weighted by molar-refractivity contribution is 7.14. The molecule has 198 valence electrons. The molecule has 1 aliphatic carbocycles. The molecule has 2 aliphatic rings. The minimum atomic E-state index is -4.96. The number of carbonyl (C=O) groups excluding carboxylic acids is 2. The van der Waals surface area contributed by atoms with Crippen molar-refractivity contribution in [3.63, 3.8) is 0 Å². The van der Waals surface area contributed by atoms with E-state index in [1.54, 1.807) is 6.08 Å². The lowest BCUT2D eigenvalue weighted by atomic mass is 10.3. The molecular weight excluding hydrogens is 543 g/mol. The quantitative estimate of drug-likeness (QED) is 0.325. The molecule has 0 fully saturated rings. The van der Waals surface area contributed by atoms with Crippen LogP contribution in [0.3, 0.4) is 0 Å². The highest BCUT2D eigenvalue weighted by atomic mass is 32.1. The van der Waals surface area contributed by atoms with Crippen molar-refractivity contribution in [2.24, 2.45) is 0 Å². The number of fused-ring (bicyclic) bond motifs is 2. The predicted molar refractivity (Wildman–Crippen MR) is 122 cm³/mol. The second-order valence-corrected chi connectivity index (χ2v) is 8.36. The maximum Gasteiger partial charge on any atom is 0.586 e. The number of allylic oxidation sites excluding steroid dienone is 4. The van der Waals surface area contributed by atoms with Gasteiger partial charge in [-0.05, 0) is 12.5 Å². The van der Waals surface area contributed by atoms with Gasteiger partial charge in [0.1, 0.15) is 5.69 Å². The molecule has 0 saturated carbocycles. The first-order chi connectivity index (χ1) is 17.9. The van der Waals surface area contributed by atoms with Crippen LogP contribution in [0.5, 0.6) is 11.5 Å². The molecule has 38 heavy (non-hydrogen) atoms. The van der Waals surface area contributed by atoms with E-state index in [1.807, 2.05) is 0 Å². The number of hydrogen-bond acceptors (Lipinski definition) is 8. The van der Waals surface area contributed by atoms with Crippen LogP contribution < -0.4 is 25.4 Å². The van der Waals surface area contributed by atoms with Gasteiger partial charge in [-0.2, -0.15) is 0 Å². The van der Waals surface area contributed by atoms with Gasteiger partial charge in [-0.1, -0.05) is 18.2 Å². The summed E-state index contributed by atoms with van der Waals surface area (Å²) in [4.78, 5) is 35.7. The van der Waals surface area contributed by atoms with Crippen molar-refractivity contribution in [1.82, 2.24) is 20.3 Å². The smallest absolute Gasteiger partial charge is 0.404 e. The molecule has 2 aromatic heterocycles. The second-order valence-electron chi connectivity index (χ2n) is 7.50. The lowest BCUT2D eigenvalue weighted by Gasteiger charge is -2.15.